The average molecular weight is 368 g/mol. The lowest BCUT2D eigenvalue weighted by Crippen LogP contribution is -2.36. The first kappa shape index (κ1) is 19.6. The van der Waals surface area contributed by atoms with Crippen molar-refractivity contribution in [2.45, 2.75) is 71.8 Å². The van der Waals surface area contributed by atoms with E-state index in [0.717, 1.165) is 53.6 Å². The number of rotatable bonds is 8. The molecule has 0 aliphatic carbocycles. The summed E-state index contributed by atoms with van der Waals surface area (Å²) >= 11 is 0. The van der Waals surface area contributed by atoms with Crippen LogP contribution >= 0.6 is 0 Å². The summed E-state index contributed by atoms with van der Waals surface area (Å²) in [5.74, 6) is 1.54. The number of nitrogens with two attached hydrogens (primary N) is 1. The zero-order valence-electron chi connectivity index (χ0n) is 17.2. The van der Waals surface area contributed by atoms with Crippen LogP contribution in [0.5, 0.6) is 0 Å². The number of aromatic amines is 1. The van der Waals surface area contributed by atoms with Crippen LogP contribution in [0.25, 0.3) is 21.9 Å². The minimum Gasteiger partial charge on any atom is -0.382 e. The monoisotopic (exact) mass is 367 g/mol. The Balaban J connectivity index is 1.78. The molecule has 1 aromatic carbocycles. The third-order valence-electron chi connectivity index (χ3n) is 4.88. The lowest BCUT2D eigenvalue weighted by atomic mass is 10.0. The van der Waals surface area contributed by atoms with Gasteiger partial charge in [-0.05, 0) is 64.6 Å². The quantitative estimate of drug-likeness (QED) is 0.502. The van der Waals surface area contributed by atoms with Gasteiger partial charge in [-0.2, -0.15) is 0 Å². The molecule has 0 aliphatic rings. The summed E-state index contributed by atoms with van der Waals surface area (Å²) in [7, 11) is 0. The van der Waals surface area contributed by atoms with Gasteiger partial charge >= 0.3 is 0 Å². The van der Waals surface area contributed by atoms with Crippen molar-refractivity contribution < 1.29 is 0 Å². The van der Waals surface area contributed by atoms with Gasteiger partial charge in [-0.3, -0.25) is 0 Å². The highest BCUT2D eigenvalue weighted by molar-refractivity contribution is 6.07. The molecule has 5 nitrogen and oxygen atoms in total. The molecule has 0 fully saturated rings. The van der Waals surface area contributed by atoms with Gasteiger partial charge in [0.15, 0.2) is 0 Å². The van der Waals surface area contributed by atoms with E-state index in [1.165, 1.54) is 24.8 Å². The highest BCUT2D eigenvalue weighted by atomic mass is 15.0. The number of nitrogens with zero attached hydrogens (tertiary/aromatic N) is 2. The smallest absolute Gasteiger partial charge is 0.150 e. The Bertz CT molecular complexity index is 904. The Morgan fingerprint density at radius 2 is 1.89 bits per heavy atom. The van der Waals surface area contributed by atoms with E-state index in [4.69, 9.17) is 10.7 Å². The van der Waals surface area contributed by atoms with Crippen molar-refractivity contribution in [3.8, 4) is 0 Å². The number of nitrogen functional groups attached to an aromatic ring is 1. The Morgan fingerprint density at radius 3 is 2.63 bits per heavy atom. The number of pyridine rings is 1. The number of anilines is 1. The van der Waals surface area contributed by atoms with E-state index in [1.807, 2.05) is 6.07 Å². The second kappa shape index (κ2) is 8.26. The summed E-state index contributed by atoms with van der Waals surface area (Å²) in [6, 6.07) is 6.33. The largest absolute Gasteiger partial charge is 0.382 e. The number of aromatic nitrogens is 3. The molecule has 0 bridgehead atoms. The van der Waals surface area contributed by atoms with Crippen LogP contribution in [-0.4, -0.2) is 27.0 Å². The molecule has 0 saturated heterocycles. The molecule has 3 rings (SSSR count). The van der Waals surface area contributed by atoms with Gasteiger partial charge in [-0.1, -0.05) is 25.5 Å². The van der Waals surface area contributed by atoms with Gasteiger partial charge in [-0.25, -0.2) is 9.97 Å². The van der Waals surface area contributed by atoms with Crippen molar-refractivity contribution in [3.63, 3.8) is 0 Å². The fourth-order valence-electron chi connectivity index (χ4n) is 3.57. The summed E-state index contributed by atoms with van der Waals surface area (Å²) in [5.41, 5.74) is 10.5. The maximum atomic E-state index is 6.18. The van der Waals surface area contributed by atoms with Gasteiger partial charge in [-0.15, -0.1) is 0 Å². The molecule has 0 amide bonds. The van der Waals surface area contributed by atoms with Crippen LogP contribution in [-0.2, 0) is 12.8 Å². The molecular formula is C22H33N5. The fraction of sp³-hybridized carbons (Fsp3) is 0.545. The first-order chi connectivity index (χ1) is 12.9. The summed E-state index contributed by atoms with van der Waals surface area (Å²) in [4.78, 5) is 12.8. The molecule has 0 saturated carbocycles. The van der Waals surface area contributed by atoms with Crippen LogP contribution in [0.3, 0.4) is 0 Å². The van der Waals surface area contributed by atoms with Gasteiger partial charge < -0.3 is 16.0 Å². The van der Waals surface area contributed by atoms with Crippen molar-refractivity contribution in [3.05, 3.63) is 29.6 Å². The normalized spacial score (nSPS) is 12.3. The molecule has 0 spiro atoms. The van der Waals surface area contributed by atoms with Crippen LogP contribution in [0, 0.1) is 0 Å². The van der Waals surface area contributed by atoms with Gasteiger partial charge in [0, 0.05) is 17.3 Å². The van der Waals surface area contributed by atoms with Crippen LogP contribution < -0.4 is 11.1 Å². The van der Waals surface area contributed by atoms with Gasteiger partial charge in [0.25, 0.3) is 0 Å². The average Bonchev–Trinajstić information content (AvgIpc) is 3.02. The number of nitrogens with one attached hydrogen (secondary N) is 2. The number of aryl methyl sites for hydroxylation is 2. The van der Waals surface area contributed by atoms with E-state index in [-0.39, 0.29) is 5.54 Å². The standard InChI is InChI=1S/C22H33N5/c1-5-10-17-26-19-18-15(11-7-6-8-14-24-22(2,3)4)12-9-13-16(18)25-21(23)20(19)27-17/h9,12-13,24H,5-8,10-11,14H2,1-4H3,(H2,23,25)(H,26,27). The number of H-pyrrole nitrogens is 1. The summed E-state index contributed by atoms with van der Waals surface area (Å²) in [6.45, 7) is 9.87. The molecule has 0 unspecified atom stereocenters. The Hall–Kier alpha value is -2.14. The van der Waals surface area contributed by atoms with E-state index in [9.17, 15) is 0 Å². The first-order valence-electron chi connectivity index (χ1n) is 10.2. The zero-order chi connectivity index (χ0) is 19.4. The molecule has 2 heterocycles. The number of benzene rings is 1. The van der Waals surface area contributed by atoms with Gasteiger partial charge in [0.1, 0.15) is 22.7 Å². The van der Waals surface area contributed by atoms with E-state index in [0.29, 0.717) is 5.82 Å². The summed E-state index contributed by atoms with van der Waals surface area (Å²) in [5, 5.41) is 4.72. The molecule has 2 aromatic heterocycles. The van der Waals surface area contributed by atoms with Crippen LogP contribution in [0.15, 0.2) is 18.2 Å². The molecule has 3 aromatic rings. The van der Waals surface area contributed by atoms with E-state index in [1.54, 1.807) is 0 Å². The highest BCUT2D eigenvalue weighted by Crippen LogP contribution is 2.30. The zero-order valence-corrected chi connectivity index (χ0v) is 17.2. The molecule has 0 atom stereocenters. The first-order valence-corrected chi connectivity index (χ1v) is 10.2. The topological polar surface area (TPSA) is 79.6 Å². The fourth-order valence-corrected chi connectivity index (χ4v) is 3.57. The molecule has 4 N–H and O–H groups in total. The van der Waals surface area contributed by atoms with E-state index >= 15 is 0 Å². The predicted octanol–water partition coefficient (Wildman–Crippen LogP) is 4.75. The Kier molecular flexibility index (Phi) is 6.00. The predicted molar refractivity (Wildman–Crippen MR) is 115 cm³/mol. The second-order valence-corrected chi connectivity index (χ2v) is 8.45. The van der Waals surface area contributed by atoms with Crippen LogP contribution in [0.4, 0.5) is 5.82 Å². The van der Waals surface area contributed by atoms with Crippen LogP contribution in [0.1, 0.15) is 64.8 Å². The number of hydrogen-bond donors (Lipinski definition) is 3. The number of hydrogen-bond acceptors (Lipinski definition) is 4. The lowest BCUT2D eigenvalue weighted by molar-refractivity contribution is 0.417. The van der Waals surface area contributed by atoms with Crippen molar-refractivity contribution in [1.29, 1.82) is 0 Å². The second-order valence-electron chi connectivity index (χ2n) is 8.45. The Labute approximate surface area is 162 Å². The highest BCUT2D eigenvalue weighted by Gasteiger charge is 2.14. The van der Waals surface area contributed by atoms with E-state index in [2.05, 4.69) is 55.1 Å². The number of fused-ring (bicyclic) bond motifs is 3. The van der Waals surface area contributed by atoms with Crippen molar-refractivity contribution in [1.82, 2.24) is 20.3 Å². The van der Waals surface area contributed by atoms with Crippen molar-refractivity contribution in [2.24, 2.45) is 0 Å². The molecule has 0 aliphatic heterocycles. The Morgan fingerprint density at radius 1 is 1.07 bits per heavy atom. The maximum Gasteiger partial charge on any atom is 0.150 e. The van der Waals surface area contributed by atoms with Gasteiger partial charge in [0.2, 0.25) is 0 Å². The van der Waals surface area contributed by atoms with Crippen LogP contribution in [0.2, 0.25) is 0 Å². The van der Waals surface area contributed by atoms with E-state index < -0.39 is 0 Å². The maximum absolute atomic E-state index is 6.18. The molecular weight excluding hydrogens is 334 g/mol. The molecule has 0 radical (unpaired) electrons. The van der Waals surface area contributed by atoms with Crippen molar-refractivity contribution in [2.75, 3.05) is 12.3 Å². The number of unbranched alkanes of at least 4 members (excludes halogenated alkanes) is 2. The minimum absolute atomic E-state index is 0.197. The van der Waals surface area contributed by atoms with Gasteiger partial charge in [0.05, 0.1) is 5.52 Å². The number of imidazole rings is 1. The third kappa shape index (κ3) is 4.78. The molecule has 27 heavy (non-hydrogen) atoms. The minimum atomic E-state index is 0.197. The third-order valence-corrected chi connectivity index (χ3v) is 4.88. The summed E-state index contributed by atoms with van der Waals surface area (Å²) in [6.07, 6.45) is 6.62. The lowest BCUT2D eigenvalue weighted by Gasteiger charge is -2.20. The van der Waals surface area contributed by atoms with Crippen molar-refractivity contribution >= 4 is 27.8 Å². The SMILES string of the molecule is CCCc1nc2c([nH]1)c(N)nc1cccc(CCCCCNC(C)(C)C)c12. The molecule has 146 valence electrons. The molecule has 5 heteroatoms. The summed E-state index contributed by atoms with van der Waals surface area (Å²) < 4.78 is 0.